The summed E-state index contributed by atoms with van der Waals surface area (Å²) in [5, 5.41) is 9.13. The average molecular weight is 295 g/mol. The van der Waals surface area contributed by atoms with E-state index in [0.717, 1.165) is 5.69 Å². The summed E-state index contributed by atoms with van der Waals surface area (Å²) in [5.41, 5.74) is 1.93. The third-order valence-corrected chi connectivity index (χ3v) is 3.58. The Labute approximate surface area is 160 Å². The van der Waals surface area contributed by atoms with Crippen molar-refractivity contribution >= 4 is 11.8 Å². The fraction of sp³-hybridized carbons (Fsp3) is 0.200. The summed E-state index contributed by atoms with van der Waals surface area (Å²) in [5.74, 6) is -1.37. The van der Waals surface area contributed by atoms with Gasteiger partial charge in [0, 0.05) is 17.8 Å². The van der Waals surface area contributed by atoms with Gasteiger partial charge in [-0.15, -0.1) is 0 Å². The van der Waals surface area contributed by atoms with E-state index in [0.29, 0.717) is 24.2 Å². The third-order valence-electron chi connectivity index (χ3n) is 3.58. The molecule has 0 bridgehead atoms. The summed E-state index contributed by atoms with van der Waals surface area (Å²) in [4.78, 5) is 23.5. The standard InChI is InChI=1S/C15H13NO3.K.H/c17-14(10-4-2-1-3-5-10)13-7-6-12-11(15(18)19)8-9-16(12)13;;/h1-7,11H,8-9H2,(H,18,19);;/q;+1;-1. The van der Waals surface area contributed by atoms with Gasteiger partial charge in [0.1, 0.15) is 0 Å². The molecular formula is C15H14KNO3. The van der Waals surface area contributed by atoms with E-state index in [1.54, 1.807) is 24.3 Å². The zero-order valence-electron chi connectivity index (χ0n) is 12.2. The van der Waals surface area contributed by atoms with Gasteiger partial charge in [-0.25, -0.2) is 0 Å². The molecule has 98 valence electrons. The van der Waals surface area contributed by atoms with Crippen molar-refractivity contribution in [3.05, 3.63) is 59.4 Å². The molecule has 1 aliphatic rings. The van der Waals surface area contributed by atoms with E-state index in [1.165, 1.54) is 0 Å². The van der Waals surface area contributed by atoms with Crippen LogP contribution in [-0.2, 0) is 11.3 Å². The van der Waals surface area contributed by atoms with Gasteiger partial charge in [0.05, 0.1) is 11.6 Å². The van der Waals surface area contributed by atoms with E-state index >= 15 is 0 Å². The van der Waals surface area contributed by atoms with E-state index in [4.69, 9.17) is 5.11 Å². The molecule has 0 amide bonds. The fourth-order valence-electron chi connectivity index (χ4n) is 2.63. The minimum absolute atomic E-state index is 0. The Morgan fingerprint density at radius 2 is 1.85 bits per heavy atom. The Balaban J connectivity index is 0.00000110. The molecular weight excluding hydrogens is 281 g/mol. The molecule has 1 aromatic heterocycles. The number of benzene rings is 1. The number of rotatable bonds is 3. The molecule has 0 aliphatic carbocycles. The van der Waals surface area contributed by atoms with E-state index in [1.807, 2.05) is 22.8 Å². The summed E-state index contributed by atoms with van der Waals surface area (Å²) >= 11 is 0. The van der Waals surface area contributed by atoms with E-state index in [-0.39, 0.29) is 58.6 Å². The molecule has 0 spiro atoms. The Hall–Kier alpha value is -0.724. The molecule has 20 heavy (non-hydrogen) atoms. The number of nitrogens with zero attached hydrogens (tertiary/aromatic N) is 1. The van der Waals surface area contributed by atoms with Crippen LogP contribution in [0.3, 0.4) is 0 Å². The topological polar surface area (TPSA) is 59.3 Å². The number of aromatic nitrogens is 1. The number of fused-ring (bicyclic) bond motifs is 1. The zero-order chi connectivity index (χ0) is 13.4. The van der Waals surface area contributed by atoms with Gasteiger partial charge in [-0.1, -0.05) is 30.3 Å². The van der Waals surface area contributed by atoms with Crippen LogP contribution in [0.1, 0.15) is 35.5 Å². The minimum Gasteiger partial charge on any atom is -1.00 e. The summed E-state index contributed by atoms with van der Waals surface area (Å²) in [7, 11) is 0. The maximum Gasteiger partial charge on any atom is 1.00 e. The van der Waals surface area contributed by atoms with Crippen LogP contribution in [0.15, 0.2) is 42.5 Å². The molecule has 1 aromatic carbocycles. The first-order chi connectivity index (χ1) is 9.18. The Morgan fingerprint density at radius 3 is 2.50 bits per heavy atom. The van der Waals surface area contributed by atoms with Crippen LogP contribution in [0.25, 0.3) is 0 Å². The van der Waals surface area contributed by atoms with Crippen molar-refractivity contribution in [1.82, 2.24) is 4.57 Å². The molecule has 0 saturated carbocycles. The van der Waals surface area contributed by atoms with Crippen LogP contribution in [0.2, 0.25) is 0 Å². The number of carbonyl (C=O) groups is 2. The number of carboxylic acid groups (broad SMARTS) is 1. The maximum absolute atomic E-state index is 12.4. The number of aliphatic carboxylic acids is 1. The van der Waals surface area contributed by atoms with Gasteiger partial charge >= 0.3 is 57.4 Å². The third kappa shape index (κ3) is 2.69. The van der Waals surface area contributed by atoms with E-state index in [2.05, 4.69) is 0 Å². The Kier molecular flexibility index (Phi) is 4.98. The average Bonchev–Trinajstić information content (AvgIpc) is 2.99. The van der Waals surface area contributed by atoms with Crippen molar-refractivity contribution in [3.8, 4) is 0 Å². The molecule has 1 unspecified atom stereocenters. The second-order valence-electron chi connectivity index (χ2n) is 4.67. The summed E-state index contributed by atoms with van der Waals surface area (Å²) in [6.07, 6.45) is 0.556. The van der Waals surface area contributed by atoms with Crippen LogP contribution in [0.5, 0.6) is 0 Å². The van der Waals surface area contributed by atoms with Crippen LogP contribution in [-0.4, -0.2) is 21.4 Å². The number of ketones is 1. The number of hydrogen-bond donors (Lipinski definition) is 1. The molecule has 2 heterocycles. The van der Waals surface area contributed by atoms with Gasteiger partial charge in [0.2, 0.25) is 5.78 Å². The van der Waals surface area contributed by atoms with Gasteiger partial charge in [0.15, 0.2) is 0 Å². The van der Waals surface area contributed by atoms with Crippen molar-refractivity contribution in [1.29, 1.82) is 0 Å². The summed E-state index contributed by atoms with van der Waals surface area (Å²) in [6, 6.07) is 12.5. The van der Waals surface area contributed by atoms with Crippen molar-refractivity contribution in [2.45, 2.75) is 18.9 Å². The van der Waals surface area contributed by atoms with Crippen LogP contribution >= 0.6 is 0 Å². The molecule has 1 N–H and O–H groups in total. The summed E-state index contributed by atoms with van der Waals surface area (Å²) < 4.78 is 1.83. The van der Waals surface area contributed by atoms with Crippen LogP contribution < -0.4 is 51.4 Å². The van der Waals surface area contributed by atoms with Gasteiger partial charge < -0.3 is 11.1 Å². The minimum atomic E-state index is -0.824. The summed E-state index contributed by atoms with van der Waals surface area (Å²) in [6.45, 7) is 0.590. The SMILES string of the molecule is O=C(c1ccccc1)c1ccc2n1CCC2C(=O)O.[H-].[K+]. The maximum atomic E-state index is 12.4. The van der Waals surface area contributed by atoms with E-state index in [9.17, 15) is 9.59 Å². The van der Waals surface area contributed by atoms with E-state index < -0.39 is 11.9 Å². The monoisotopic (exact) mass is 295 g/mol. The van der Waals surface area contributed by atoms with Gasteiger partial charge in [-0.05, 0) is 18.6 Å². The number of carboxylic acids is 1. The first kappa shape index (κ1) is 15.7. The molecule has 0 radical (unpaired) electrons. The first-order valence-corrected chi connectivity index (χ1v) is 6.20. The predicted molar refractivity (Wildman–Crippen MR) is 70.4 cm³/mol. The second-order valence-corrected chi connectivity index (χ2v) is 4.67. The molecule has 1 atom stereocenters. The largest absolute Gasteiger partial charge is 1.00 e. The predicted octanol–water partition coefficient (Wildman–Crippen LogP) is -0.592. The van der Waals surface area contributed by atoms with Crippen molar-refractivity contribution in [2.24, 2.45) is 0 Å². The molecule has 1 aliphatic heterocycles. The second kappa shape index (κ2) is 6.36. The molecule has 3 rings (SSSR count). The smallest absolute Gasteiger partial charge is 1.00 e. The quantitative estimate of drug-likeness (QED) is 0.608. The van der Waals surface area contributed by atoms with Crippen LogP contribution in [0, 0.1) is 0 Å². The van der Waals surface area contributed by atoms with Crippen LogP contribution in [0.4, 0.5) is 0 Å². The van der Waals surface area contributed by atoms with Crippen molar-refractivity contribution in [2.75, 3.05) is 0 Å². The fourth-order valence-corrected chi connectivity index (χ4v) is 2.63. The Morgan fingerprint density at radius 1 is 1.15 bits per heavy atom. The first-order valence-electron chi connectivity index (χ1n) is 6.20. The Bertz CT molecular complexity index is 654. The molecule has 5 heteroatoms. The number of hydrogen-bond acceptors (Lipinski definition) is 2. The number of carbonyl (C=O) groups excluding carboxylic acids is 1. The zero-order valence-corrected chi connectivity index (χ0v) is 14.4. The molecule has 4 nitrogen and oxygen atoms in total. The molecule has 0 fully saturated rings. The molecule has 0 saturated heterocycles. The van der Waals surface area contributed by atoms with Gasteiger partial charge in [-0.2, -0.15) is 0 Å². The van der Waals surface area contributed by atoms with Gasteiger partial charge in [-0.3, -0.25) is 9.59 Å². The normalized spacial score (nSPS) is 16.3. The van der Waals surface area contributed by atoms with Crippen molar-refractivity contribution < 1.29 is 67.5 Å². The van der Waals surface area contributed by atoms with Gasteiger partial charge in [0.25, 0.3) is 0 Å². The molecule has 2 aromatic rings. The van der Waals surface area contributed by atoms with Crippen molar-refractivity contribution in [3.63, 3.8) is 0 Å².